The zero-order chi connectivity index (χ0) is 19.3. The van der Waals surface area contributed by atoms with Gasteiger partial charge in [-0.3, -0.25) is 4.79 Å². The molecule has 0 aliphatic carbocycles. The second-order valence-electron chi connectivity index (χ2n) is 6.41. The summed E-state index contributed by atoms with van der Waals surface area (Å²) in [7, 11) is 0. The molecule has 0 radical (unpaired) electrons. The number of carbonyl (C=O) groups excluding carboxylic acids is 1. The maximum Gasteiger partial charge on any atom is 0.253 e. The van der Waals surface area contributed by atoms with Crippen LogP contribution in [0.4, 0.5) is 11.4 Å². The number of nitrogens with zero attached hydrogens (tertiary/aromatic N) is 1. The smallest absolute Gasteiger partial charge is 0.253 e. The van der Waals surface area contributed by atoms with Gasteiger partial charge in [-0.15, -0.1) is 0 Å². The van der Waals surface area contributed by atoms with Crippen molar-refractivity contribution in [3.05, 3.63) is 89.3 Å². The SMILES string of the molecule is O=C(NCCc1c[nH]c2ccccc12)c1ccccc1Nc1ccc(Cl)nc1. The summed E-state index contributed by atoms with van der Waals surface area (Å²) in [4.78, 5) is 20.0. The van der Waals surface area contributed by atoms with E-state index in [2.05, 4.69) is 26.7 Å². The van der Waals surface area contributed by atoms with E-state index in [0.717, 1.165) is 23.3 Å². The molecule has 0 atom stereocenters. The number of aromatic nitrogens is 2. The molecule has 0 aliphatic heterocycles. The molecule has 0 aliphatic rings. The van der Waals surface area contributed by atoms with Crippen molar-refractivity contribution in [3.8, 4) is 0 Å². The molecule has 5 nitrogen and oxygen atoms in total. The molecule has 0 fully saturated rings. The molecular weight excluding hydrogens is 372 g/mol. The Balaban J connectivity index is 1.42. The molecule has 0 bridgehead atoms. The average molecular weight is 391 g/mol. The molecule has 1 amide bonds. The summed E-state index contributed by atoms with van der Waals surface area (Å²) in [5.74, 6) is -0.120. The van der Waals surface area contributed by atoms with E-state index in [1.54, 1.807) is 18.3 Å². The van der Waals surface area contributed by atoms with E-state index < -0.39 is 0 Å². The van der Waals surface area contributed by atoms with Gasteiger partial charge in [-0.2, -0.15) is 0 Å². The van der Waals surface area contributed by atoms with Crippen LogP contribution in [-0.4, -0.2) is 22.4 Å². The van der Waals surface area contributed by atoms with Gasteiger partial charge in [0.1, 0.15) is 5.15 Å². The van der Waals surface area contributed by atoms with E-state index in [1.807, 2.05) is 48.7 Å². The Bertz CT molecular complexity index is 1100. The van der Waals surface area contributed by atoms with Crippen LogP contribution < -0.4 is 10.6 Å². The molecule has 0 spiro atoms. The summed E-state index contributed by atoms with van der Waals surface area (Å²) in [5.41, 5.74) is 4.36. The van der Waals surface area contributed by atoms with Crippen molar-refractivity contribution in [1.82, 2.24) is 15.3 Å². The zero-order valence-electron chi connectivity index (χ0n) is 15.1. The summed E-state index contributed by atoms with van der Waals surface area (Å²) in [6.45, 7) is 0.553. The van der Waals surface area contributed by atoms with Gasteiger partial charge < -0.3 is 15.6 Å². The highest BCUT2D eigenvalue weighted by molar-refractivity contribution is 6.29. The summed E-state index contributed by atoms with van der Waals surface area (Å²) < 4.78 is 0. The first-order valence-electron chi connectivity index (χ1n) is 9.01. The van der Waals surface area contributed by atoms with Crippen molar-refractivity contribution in [1.29, 1.82) is 0 Å². The standard InChI is InChI=1S/C22H19ClN4O/c23-21-10-9-16(14-26-21)27-20-8-4-2-6-18(20)22(28)24-12-11-15-13-25-19-7-3-1-5-17(15)19/h1-10,13-14,25,27H,11-12H2,(H,24,28). The Morgan fingerprint density at radius 3 is 2.71 bits per heavy atom. The Labute approximate surface area is 167 Å². The van der Waals surface area contributed by atoms with Crippen LogP contribution >= 0.6 is 11.6 Å². The first kappa shape index (κ1) is 18.1. The van der Waals surface area contributed by atoms with Gasteiger partial charge in [-0.1, -0.05) is 41.9 Å². The van der Waals surface area contributed by atoms with Crippen LogP contribution in [0.15, 0.2) is 73.1 Å². The normalized spacial score (nSPS) is 10.8. The van der Waals surface area contributed by atoms with Crippen molar-refractivity contribution >= 4 is 39.8 Å². The fourth-order valence-electron chi connectivity index (χ4n) is 3.14. The number of amides is 1. The lowest BCUT2D eigenvalue weighted by atomic mass is 10.1. The third kappa shape index (κ3) is 4.00. The van der Waals surface area contributed by atoms with E-state index in [1.165, 1.54) is 10.9 Å². The van der Waals surface area contributed by atoms with Crippen molar-refractivity contribution in [3.63, 3.8) is 0 Å². The van der Waals surface area contributed by atoms with Gasteiger partial charge in [0.05, 0.1) is 23.1 Å². The molecule has 2 aromatic carbocycles. The minimum Gasteiger partial charge on any atom is -0.361 e. The molecule has 0 saturated carbocycles. The van der Waals surface area contributed by atoms with Crippen LogP contribution in [0, 0.1) is 0 Å². The highest BCUT2D eigenvalue weighted by atomic mass is 35.5. The number of fused-ring (bicyclic) bond motifs is 1. The van der Waals surface area contributed by atoms with Gasteiger partial charge in [0.25, 0.3) is 5.91 Å². The predicted octanol–water partition coefficient (Wildman–Crippen LogP) is 4.93. The molecule has 4 rings (SSSR count). The van der Waals surface area contributed by atoms with E-state index in [0.29, 0.717) is 17.3 Å². The van der Waals surface area contributed by atoms with Gasteiger partial charge >= 0.3 is 0 Å². The lowest BCUT2D eigenvalue weighted by Crippen LogP contribution is -2.26. The predicted molar refractivity (Wildman–Crippen MR) is 113 cm³/mol. The number of hydrogen-bond acceptors (Lipinski definition) is 3. The van der Waals surface area contributed by atoms with Crippen molar-refractivity contribution in [2.45, 2.75) is 6.42 Å². The van der Waals surface area contributed by atoms with E-state index in [9.17, 15) is 4.79 Å². The average Bonchev–Trinajstić information content (AvgIpc) is 3.13. The maximum absolute atomic E-state index is 12.7. The summed E-state index contributed by atoms with van der Waals surface area (Å²) in [6.07, 6.45) is 4.39. The summed E-state index contributed by atoms with van der Waals surface area (Å²) in [5, 5.41) is 7.84. The fourth-order valence-corrected chi connectivity index (χ4v) is 3.25. The lowest BCUT2D eigenvalue weighted by molar-refractivity contribution is 0.0955. The number of benzene rings is 2. The Morgan fingerprint density at radius 1 is 1.04 bits per heavy atom. The minimum absolute atomic E-state index is 0.120. The number of halogens is 1. The fraction of sp³-hybridized carbons (Fsp3) is 0.0909. The summed E-state index contributed by atoms with van der Waals surface area (Å²) in [6, 6.07) is 19.1. The number of nitrogens with one attached hydrogen (secondary N) is 3. The zero-order valence-corrected chi connectivity index (χ0v) is 15.8. The molecule has 4 aromatic rings. The number of aromatic amines is 1. The van der Waals surface area contributed by atoms with Crippen LogP contribution in [-0.2, 0) is 6.42 Å². The second kappa shape index (κ2) is 8.15. The number of hydrogen-bond donors (Lipinski definition) is 3. The van der Waals surface area contributed by atoms with Gasteiger partial charge in [0.2, 0.25) is 0 Å². The first-order valence-corrected chi connectivity index (χ1v) is 9.39. The first-order chi connectivity index (χ1) is 13.7. The van der Waals surface area contributed by atoms with Crippen molar-refractivity contribution < 1.29 is 4.79 Å². The monoisotopic (exact) mass is 390 g/mol. The quantitative estimate of drug-likeness (QED) is 0.409. The molecule has 3 N–H and O–H groups in total. The number of para-hydroxylation sites is 2. The van der Waals surface area contributed by atoms with Gasteiger partial charge in [-0.25, -0.2) is 4.98 Å². The van der Waals surface area contributed by atoms with Crippen LogP contribution in [0.3, 0.4) is 0 Å². The highest BCUT2D eigenvalue weighted by Crippen LogP contribution is 2.21. The Hall–Kier alpha value is -3.31. The lowest BCUT2D eigenvalue weighted by Gasteiger charge is -2.12. The van der Waals surface area contributed by atoms with E-state index in [-0.39, 0.29) is 5.91 Å². The number of pyridine rings is 1. The van der Waals surface area contributed by atoms with Crippen LogP contribution in [0.1, 0.15) is 15.9 Å². The third-order valence-corrected chi connectivity index (χ3v) is 4.76. The van der Waals surface area contributed by atoms with Crippen molar-refractivity contribution in [2.75, 3.05) is 11.9 Å². The minimum atomic E-state index is -0.120. The van der Waals surface area contributed by atoms with Gasteiger partial charge in [0.15, 0.2) is 0 Å². The van der Waals surface area contributed by atoms with E-state index >= 15 is 0 Å². The van der Waals surface area contributed by atoms with Gasteiger partial charge in [0, 0.05) is 23.6 Å². The van der Waals surface area contributed by atoms with Gasteiger partial charge in [-0.05, 0) is 42.3 Å². The van der Waals surface area contributed by atoms with Crippen molar-refractivity contribution in [2.24, 2.45) is 0 Å². The molecule has 0 saturated heterocycles. The highest BCUT2D eigenvalue weighted by Gasteiger charge is 2.11. The molecule has 0 unspecified atom stereocenters. The Morgan fingerprint density at radius 2 is 1.86 bits per heavy atom. The number of rotatable bonds is 6. The number of anilines is 2. The van der Waals surface area contributed by atoms with Crippen LogP contribution in [0.25, 0.3) is 10.9 Å². The molecular formula is C22H19ClN4O. The van der Waals surface area contributed by atoms with E-state index in [4.69, 9.17) is 11.6 Å². The number of carbonyl (C=O) groups is 1. The Kier molecular flexibility index (Phi) is 5.26. The molecule has 6 heteroatoms. The molecule has 2 heterocycles. The maximum atomic E-state index is 12.7. The summed E-state index contributed by atoms with van der Waals surface area (Å²) >= 11 is 5.83. The largest absolute Gasteiger partial charge is 0.361 e. The molecule has 2 aromatic heterocycles. The second-order valence-corrected chi connectivity index (χ2v) is 6.79. The topological polar surface area (TPSA) is 69.8 Å². The van der Waals surface area contributed by atoms with Crippen LogP contribution in [0.5, 0.6) is 0 Å². The van der Waals surface area contributed by atoms with Crippen LogP contribution in [0.2, 0.25) is 5.15 Å². The molecule has 140 valence electrons. The third-order valence-electron chi connectivity index (χ3n) is 4.53. The number of H-pyrrole nitrogens is 1. The molecule has 28 heavy (non-hydrogen) atoms.